The largest absolute Gasteiger partial charge is 0.302 e. The number of hydrogen-bond acceptors (Lipinski definition) is 1. The summed E-state index contributed by atoms with van der Waals surface area (Å²) >= 11 is -2.01. The van der Waals surface area contributed by atoms with Gasteiger partial charge in [0.1, 0.15) is 6.67 Å². The summed E-state index contributed by atoms with van der Waals surface area (Å²) in [5.74, 6) is 0. The van der Waals surface area contributed by atoms with Crippen LogP contribution in [0.4, 0.5) is 4.39 Å². The lowest BCUT2D eigenvalue weighted by molar-refractivity contribution is 0.484. The van der Waals surface area contributed by atoms with Crippen LogP contribution < -0.4 is 0 Å². The molecule has 0 fully saturated rings. The topological polar surface area (TPSA) is 37.3 Å². The molecule has 1 aromatic rings. The van der Waals surface area contributed by atoms with E-state index in [-0.39, 0.29) is 4.90 Å². The Labute approximate surface area is 66.3 Å². The van der Waals surface area contributed by atoms with E-state index in [2.05, 4.69) is 0 Å². The Hall–Kier alpha value is -0.740. The standard InChI is InChI=1S/C7H7FO2S/c8-5-6-2-1-3-7(4-6)11(9)10/h1-4H,5H2,(H,9,10). The third-order valence-corrected chi connectivity index (χ3v) is 1.91. The molecule has 0 spiro atoms. The van der Waals surface area contributed by atoms with Crippen molar-refractivity contribution in [1.82, 2.24) is 0 Å². The van der Waals surface area contributed by atoms with Crippen LogP contribution in [0.5, 0.6) is 0 Å². The van der Waals surface area contributed by atoms with E-state index in [1.54, 1.807) is 12.1 Å². The molecule has 2 nitrogen and oxygen atoms in total. The van der Waals surface area contributed by atoms with Crippen LogP contribution in [-0.4, -0.2) is 8.76 Å². The van der Waals surface area contributed by atoms with E-state index in [0.717, 1.165) is 0 Å². The third-order valence-electron chi connectivity index (χ3n) is 1.25. The molecular formula is C7H7FO2S. The lowest BCUT2D eigenvalue weighted by atomic mass is 10.2. The quantitative estimate of drug-likeness (QED) is 0.693. The summed E-state index contributed by atoms with van der Waals surface area (Å²) < 4.78 is 31.0. The molecule has 60 valence electrons. The molecule has 1 atom stereocenters. The molecule has 4 heteroatoms. The van der Waals surface area contributed by atoms with Crippen molar-refractivity contribution >= 4 is 11.1 Å². The van der Waals surface area contributed by atoms with Gasteiger partial charge in [0.2, 0.25) is 0 Å². The average molecular weight is 174 g/mol. The van der Waals surface area contributed by atoms with Gasteiger partial charge in [-0.15, -0.1) is 0 Å². The highest BCUT2D eigenvalue weighted by molar-refractivity contribution is 7.79. The summed E-state index contributed by atoms with van der Waals surface area (Å²) in [7, 11) is 0. The normalized spacial score (nSPS) is 12.9. The predicted octanol–water partition coefficient (Wildman–Crippen LogP) is 1.74. The van der Waals surface area contributed by atoms with E-state index >= 15 is 0 Å². The first kappa shape index (κ1) is 8.36. The zero-order chi connectivity index (χ0) is 8.27. The molecule has 0 amide bonds. The summed E-state index contributed by atoms with van der Waals surface area (Å²) in [5, 5.41) is 0. The number of halogens is 1. The first-order chi connectivity index (χ1) is 5.24. The Morgan fingerprint density at radius 3 is 2.82 bits per heavy atom. The molecule has 0 heterocycles. The molecule has 1 unspecified atom stereocenters. The molecule has 11 heavy (non-hydrogen) atoms. The number of alkyl halides is 1. The second kappa shape index (κ2) is 3.59. The van der Waals surface area contributed by atoms with Crippen LogP contribution in [0.2, 0.25) is 0 Å². The van der Waals surface area contributed by atoms with E-state index in [9.17, 15) is 8.60 Å². The Bertz CT molecular complexity index is 275. The van der Waals surface area contributed by atoms with Crippen LogP contribution in [-0.2, 0) is 17.8 Å². The Morgan fingerprint density at radius 1 is 1.55 bits per heavy atom. The van der Waals surface area contributed by atoms with Crippen molar-refractivity contribution in [3.8, 4) is 0 Å². The van der Waals surface area contributed by atoms with Crippen molar-refractivity contribution in [1.29, 1.82) is 0 Å². The highest BCUT2D eigenvalue weighted by atomic mass is 32.2. The average Bonchev–Trinajstić information content (AvgIpc) is 2.05. The summed E-state index contributed by atoms with van der Waals surface area (Å²) in [6, 6.07) is 5.97. The zero-order valence-corrected chi connectivity index (χ0v) is 6.47. The molecule has 1 aromatic carbocycles. The Morgan fingerprint density at radius 2 is 2.27 bits per heavy atom. The highest BCUT2D eigenvalue weighted by Crippen LogP contribution is 2.08. The van der Waals surface area contributed by atoms with Gasteiger partial charge in [-0.25, -0.2) is 8.60 Å². The smallest absolute Gasteiger partial charge is 0.186 e. The van der Waals surface area contributed by atoms with Crippen LogP contribution in [0, 0.1) is 0 Å². The zero-order valence-electron chi connectivity index (χ0n) is 5.66. The van der Waals surface area contributed by atoms with Gasteiger partial charge in [0, 0.05) is 0 Å². The maximum absolute atomic E-state index is 12.0. The molecule has 0 aromatic heterocycles. The van der Waals surface area contributed by atoms with Gasteiger partial charge in [0.15, 0.2) is 11.1 Å². The lowest BCUT2D eigenvalue weighted by Crippen LogP contribution is -1.89. The van der Waals surface area contributed by atoms with Gasteiger partial charge in [-0.05, 0) is 17.7 Å². The minimum atomic E-state index is -2.01. The second-order valence-corrected chi connectivity index (χ2v) is 3.00. The summed E-state index contributed by atoms with van der Waals surface area (Å²) in [6.45, 7) is -0.606. The maximum Gasteiger partial charge on any atom is 0.186 e. The SMILES string of the molecule is O=S(O)c1cccc(CF)c1. The van der Waals surface area contributed by atoms with Crippen molar-refractivity contribution in [3.05, 3.63) is 29.8 Å². The van der Waals surface area contributed by atoms with E-state index in [0.29, 0.717) is 5.56 Å². The Balaban J connectivity index is 3.01. The van der Waals surface area contributed by atoms with Crippen molar-refractivity contribution in [3.63, 3.8) is 0 Å². The van der Waals surface area contributed by atoms with Gasteiger partial charge < -0.3 is 4.55 Å². The van der Waals surface area contributed by atoms with Crippen molar-refractivity contribution in [2.45, 2.75) is 11.6 Å². The van der Waals surface area contributed by atoms with Crippen LogP contribution >= 0.6 is 0 Å². The van der Waals surface area contributed by atoms with Gasteiger partial charge in [-0.3, -0.25) is 0 Å². The second-order valence-electron chi connectivity index (χ2n) is 2.03. The van der Waals surface area contributed by atoms with Crippen molar-refractivity contribution < 1.29 is 13.2 Å². The van der Waals surface area contributed by atoms with Crippen molar-refractivity contribution in [2.75, 3.05) is 0 Å². The van der Waals surface area contributed by atoms with Gasteiger partial charge in [0.05, 0.1) is 4.90 Å². The third kappa shape index (κ3) is 2.10. The lowest BCUT2D eigenvalue weighted by Gasteiger charge is -1.96. The van der Waals surface area contributed by atoms with E-state index in [1.165, 1.54) is 12.1 Å². The number of benzene rings is 1. The molecule has 0 aliphatic carbocycles. The van der Waals surface area contributed by atoms with E-state index < -0.39 is 17.8 Å². The molecule has 0 saturated heterocycles. The fourth-order valence-electron chi connectivity index (χ4n) is 0.737. The van der Waals surface area contributed by atoms with E-state index in [4.69, 9.17) is 4.55 Å². The molecule has 0 aliphatic heterocycles. The van der Waals surface area contributed by atoms with E-state index in [1.807, 2.05) is 0 Å². The molecule has 0 aliphatic rings. The Kier molecular flexibility index (Phi) is 2.73. The maximum atomic E-state index is 12.0. The van der Waals surface area contributed by atoms with Crippen LogP contribution in [0.15, 0.2) is 29.2 Å². The molecule has 1 N–H and O–H groups in total. The summed E-state index contributed by atoms with van der Waals surface area (Å²) in [6.07, 6.45) is 0. The van der Waals surface area contributed by atoms with Gasteiger partial charge >= 0.3 is 0 Å². The minimum absolute atomic E-state index is 0.236. The fourth-order valence-corrected chi connectivity index (χ4v) is 1.18. The number of rotatable bonds is 2. The minimum Gasteiger partial charge on any atom is -0.302 e. The molecule has 1 rings (SSSR count). The molecule has 0 radical (unpaired) electrons. The van der Waals surface area contributed by atoms with Crippen LogP contribution in [0.3, 0.4) is 0 Å². The molecular weight excluding hydrogens is 167 g/mol. The first-order valence-electron chi connectivity index (χ1n) is 3.00. The summed E-state index contributed by atoms with van der Waals surface area (Å²) in [5.41, 5.74) is 0.421. The van der Waals surface area contributed by atoms with Crippen molar-refractivity contribution in [2.24, 2.45) is 0 Å². The molecule has 0 saturated carbocycles. The van der Waals surface area contributed by atoms with Gasteiger partial charge in [-0.2, -0.15) is 0 Å². The van der Waals surface area contributed by atoms with Crippen LogP contribution in [0.25, 0.3) is 0 Å². The molecule has 0 bridgehead atoms. The number of hydrogen-bond donors (Lipinski definition) is 1. The first-order valence-corrected chi connectivity index (χ1v) is 4.10. The predicted molar refractivity (Wildman–Crippen MR) is 40.3 cm³/mol. The van der Waals surface area contributed by atoms with Crippen LogP contribution in [0.1, 0.15) is 5.56 Å². The van der Waals surface area contributed by atoms with Gasteiger partial charge in [-0.1, -0.05) is 12.1 Å². The fraction of sp³-hybridized carbons (Fsp3) is 0.143. The monoisotopic (exact) mass is 174 g/mol. The summed E-state index contributed by atoms with van der Waals surface area (Å²) in [4.78, 5) is 0.236. The highest BCUT2D eigenvalue weighted by Gasteiger charge is 1.99. The van der Waals surface area contributed by atoms with Gasteiger partial charge in [0.25, 0.3) is 0 Å².